The molecule has 2 aliphatic rings. The molecule has 7 heteroatoms. The van der Waals surface area contributed by atoms with Gasteiger partial charge in [-0.1, -0.05) is 0 Å². The number of rotatable bonds is 4. The van der Waals surface area contributed by atoms with E-state index in [4.69, 9.17) is 9.84 Å². The minimum absolute atomic E-state index is 0.0395. The Hall–Kier alpha value is -1.89. The molecule has 0 unspecified atom stereocenters. The molecule has 20 heavy (non-hydrogen) atoms. The van der Waals surface area contributed by atoms with Crippen LogP contribution >= 0.6 is 0 Å². The molecular formula is C13H17N3O4. The number of carbonyl (C=O) groups is 2. The van der Waals surface area contributed by atoms with Gasteiger partial charge in [-0.3, -0.25) is 4.79 Å². The van der Waals surface area contributed by atoms with Crippen LogP contribution in [0.15, 0.2) is 6.20 Å². The van der Waals surface area contributed by atoms with E-state index in [0.29, 0.717) is 12.4 Å². The van der Waals surface area contributed by atoms with Gasteiger partial charge in [0.05, 0.1) is 11.7 Å². The van der Waals surface area contributed by atoms with E-state index in [2.05, 4.69) is 15.3 Å². The molecule has 3 N–H and O–H groups in total. The molecule has 7 nitrogen and oxygen atoms in total. The third kappa shape index (κ3) is 2.18. The van der Waals surface area contributed by atoms with E-state index in [9.17, 15) is 9.59 Å². The number of ether oxygens (including phenoxy) is 1. The van der Waals surface area contributed by atoms with Crippen molar-refractivity contribution in [3.8, 4) is 0 Å². The summed E-state index contributed by atoms with van der Waals surface area (Å²) in [5, 5.41) is 11.9. The summed E-state index contributed by atoms with van der Waals surface area (Å²) in [6.45, 7) is 0.620. The second-order valence-corrected chi connectivity index (χ2v) is 5.38. The van der Waals surface area contributed by atoms with Crippen molar-refractivity contribution in [1.29, 1.82) is 0 Å². The SMILES string of the molecule is O=C(O)c1cnc(C2(NC(=O)[C@H]3CCCO3)CCC2)[nH]1. The minimum atomic E-state index is -1.05. The van der Waals surface area contributed by atoms with Crippen molar-refractivity contribution in [2.24, 2.45) is 0 Å². The number of carboxylic acids is 1. The highest BCUT2D eigenvalue weighted by molar-refractivity contribution is 5.85. The molecule has 0 radical (unpaired) electrons. The molecule has 2 heterocycles. The molecule has 1 aliphatic heterocycles. The normalized spacial score (nSPS) is 24.1. The number of nitrogens with one attached hydrogen (secondary N) is 2. The zero-order valence-electron chi connectivity index (χ0n) is 11.0. The summed E-state index contributed by atoms with van der Waals surface area (Å²) in [6.07, 6.45) is 5.04. The lowest BCUT2D eigenvalue weighted by molar-refractivity contribution is -0.133. The number of hydrogen-bond donors (Lipinski definition) is 3. The largest absolute Gasteiger partial charge is 0.477 e. The van der Waals surface area contributed by atoms with Crippen LogP contribution in [0.2, 0.25) is 0 Å². The van der Waals surface area contributed by atoms with Crippen molar-refractivity contribution in [2.75, 3.05) is 6.61 Å². The fourth-order valence-corrected chi connectivity index (χ4v) is 2.73. The Morgan fingerprint density at radius 2 is 2.25 bits per heavy atom. The number of imidazole rings is 1. The Kier molecular flexibility index (Phi) is 3.21. The van der Waals surface area contributed by atoms with E-state index in [1.165, 1.54) is 6.20 Å². The first-order valence-corrected chi connectivity index (χ1v) is 6.83. The van der Waals surface area contributed by atoms with Crippen molar-refractivity contribution in [2.45, 2.75) is 43.7 Å². The maximum atomic E-state index is 12.2. The van der Waals surface area contributed by atoms with E-state index in [1.807, 2.05) is 0 Å². The molecule has 108 valence electrons. The topological polar surface area (TPSA) is 104 Å². The first-order chi connectivity index (χ1) is 9.61. The van der Waals surface area contributed by atoms with Gasteiger partial charge in [-0.05, 0) is 32.1 Å². The molecule has 1 saturated heterocycles. The van der Waals surface area contributed by atoms with E-state index in [1.54, 1.807) is 0 Å². The number of aromatic nitrogens is 2. The predicted octanol–water partition coefficient (Wildman–Crippen LogP) is 0.782. The zero-order valence-corrected chi connectivity index (χ0v) is 11.0. The van der Waals surface area contributed by atoms with Crippen molar-refractivity contribution in [3.05, 3.63) is 17.7 Å². The van der Waals surface area contributed by atoms with Crippen molar-refractivity contribution < 1.29 is 19.4 Å². The lowest BCUT2D eigenvalue weighted by Gasteiger charge is -2.41. The monoisotopic (exact) mass is 279 g/mol. The standard InChI is InChI=1S/C13H17N3O4/c17-10(9-3-1-6-20-9)16-13(4-2-5-13)12-14-7-8(15-12)11(18)19/h7,9H,1-6H2,(H,14,15)(H,16,17)(H,18,19)/t9-/m1/s1. The first kappa shape index (κ1) is 13.1. The fourth-order valence-electron chi connectivity index (χ4n) is 2.73. The second kappa shape index (κ2) is 4.90. The molecule has 0 bridgehead atoms. The highest BCUT2D eigenvalue weighted by atomic mass is 16.5. The minimum Gasteiger partial charge on any atom is -0.477 e. The summed E-state index contributed by atoms with van der Waals surface area (Å²) in [7, 11) is 0. The van der Waals surface area contributed by atoms with Crippen LogP contribution in [0.4, 0.5) is 0 Å². The van der Waals surface area contributed by atoms with Crippen LogP contribution in [0.25, 0.3) is 0 Å². The van der Waals surface area contributed by atoms with E-state index >= 15 is 0 Å². The van der Waals surface area contributed by atoms with Gasteiger partial charge in [-0.15, -0.1) is 0 Å². The van der Waals surface area contributed by atoms with Gasteiger partial charge >= 0.3 is 5.97 Å². The summed E-state index contributed by atoms with van der Waals surface area (Å²) in [5.41, 5.74) is -0.519. The third-order valence-electron chi connectivity index (χ3n) is 4.05. The van der Waals surface area contributed by atoms with Crippen molar-refractivity contribution in [1.82, 2.24) is 15.3 Å². The Morgan fingerprint density at radius 3 is 2.75 bits per heavy atom. The van der Waals surface area contributed by atoms with Crippen molar-refractivity contribution >= 4 is 11.9 Å². The highest BCUT2D eigenvalue weighted by Gasteiger charge is 2.44. The zero-order chi connectivity index (χ0) is 14.2. The van der Waals surface area contributed by atoms with Crippen LogP contribution in [0, 0.1) is 0 Å². The molecule has 0 aromatic carbocycles. The lowest BCUT2D eigenvalue weighted by atomic mass is 9.76. The van der Waals surface area contributed by atoms with Crippen LogP contribution in [0.1, 0.15) is 48.4 Å². The van der Waals surface area contributed by atoms with Gasteiger partial charge in [-0.2, -0.15) is 0 Å². The summed E-state index contributed by atoms with van der Waals surface area (Å²) in [6, 6.07) is 0. The Morgan fingerprint density at radius 1 is 1.45 bits per heavy atom. The molecule has 0 spiro atoms. The van der Waals surface area contributed by atoms with Crippen molar-refractivity contribution in [3.63, 3.8) is 0 Å². The number of aromatic carboxylic acids is 1. The fraction of sp³-hybridized carbons (Fsp3) is 0.615. The summed E-state index contributed by atoms with van der Waals surface area (Å²) in [5.74, 6) is -0.661. The number of carbonyl (C=O) groups excluding carboxylic acids is 1. The van der Waals surface area contributed by atoms with Crippen LogP contribution in [0.3, 0.4) is 0 Å². The average Bonchev–Trinajstić information content (AvgIpc) is 3.03. The Bertz CT molecular complexity index is 529. The van der Waals surface area contributed by atoms with Crippen LogP contribution in [-0.4, -0.2) is 39.7 Å². The van der Waals surface area contributed by atoms with Gasteiger partial charge in [-0.25, -0.2) is 9.78 Å². The molecule has 1 amide bonds. The number of aromatic amines is 1. The molecule has 2 fully saturated rings. The molecule has 3 rings (SSSR count). The number of amides is 1. The van der Waals surface area contributed by atoms with E-state index < -0.39 is 11.5 Å². The maximum absolute atomic E-state index is 12.2. The number of hydrogen-bond acceptors (Lipinski definition) is 4. The van der Waals surface area contributed by atoms with Crippen LogP contribution < -0.4 is 5.32 Å². The molecule has 1 aromatic heterocycles. The van der Waals surface area contributed by atoms with Gasteiger partial charge in [0.1, 0.15) is 17.6 Å². The Balaban J connectivity index is 1.76. The maximum Gasteiger partial charge on any atom is 0.353 e. The Labute approximate surface area is 115 Å². The number of carboxylic acid groups (broad SMARTS) is 1. The van der Waals surface area contributed by atoms with Gasteiger partial charge in [0.15, 0.2) is 0 Å². The van der Waals surface area contributed by atoms with Crippen LogP contribution in [0.5, 0.6) is 0 Å². The first-order valence-electron chi connectivity index (χ1n) is 6.83. The molecular weight excluding hydrogens is 262 g/mol. The second-order valence-electron chi connectivity index (χ2n) is 5.38. The number of nitrogens with zero attached hydrogens (tertiary/aromatic N) is 1. The van der Waals surface area contributed by atoms with Gasteiger partial charge < -0.3 is 20.1 Å². The highest BCUT2D eigenvalue weighted by Crippen LogP contribution is 2.40. The lowest BCUT2D eigenvalue weighted by Crippen LogP contribution is -2.54. The summed E-state index contributed by atoms with van der Waals surface area (Å²) >= 11 is 0. The predicted molar refractivity (Wildman–Crippen MR) is 68.2 cm³/mol. The van der Waals surface area contributed by atoms with E-state index in [0.717, 1.165) is 32.1 Å². The van der Waals surface area contributed by atoms with Gasteiger partial charge in [0.25, 0.3) is 0 Å². The van der Waals surface area contributed by atoms with Gasteiger partial charge in [0.2, 0.25) is 5.91 Å². The smallest absolute Gasteiger partial charge is 0.353 e. The van der Waals surface area contributed by atoms with Crippen LogP contribution in [-0.2, 0) is 15.1 Å². The molecule has 1 atom stereocenters. The molecule has 1 aromatic rings. The summed E-state index contributed by atoms with van der Waals surface area (Å²) in [4.78, 5) is 30.0. The quantitative estimate of drug-likeness (QED) is 0.755. The molecule has 1 aliphatic carbocycles. The average molecular weight is 279 g/mol. The number of H-pyrrole nitrogens is 1. The van der Waals surface area contributed by atoms with E-state index in [-0.39, 0.29) is 17.7 Å². The summed E-state index contributed by atoms with van der Waals surface area (Å²) < 4.78 is 5.37. The third-order valence-corrected chi connectivity index (χ3v) is 4.05. The van der Waals surface area contributed by atoms with Gasteiger partial charge in [0, 0.05) is 6.61 Å². The molecule has 1 saturated carbocycles.